The van der Waals surface area contributed by atoms with Gasteiger partial charge < -0.3 is 0 Å². The van der Waals surface area contributed by atoms with Crippen molar-refractivity contribution >= 4 is 23.0 Å². The number of benzene rings is 1. The summed E-state index contributed by atoms with van der Waals surface area (Å²) >= 11 is 5.88. The monoisotopic (exact) mass is 245 g/mol. The number of nitrogens with one attached hydrogen (secondary N) is 1. The fraction of sp³-hybridized carbons (Fsp3) is 0.0769. The molecule has 86 valence electrons. The van der Waals surface area contributed by atoms with Crippen LogP contribution in [0.15, 0.2) is 53.9 Å². The normalized spacial score (nSPS) is 11.3. The van der Waals surface area contributed by atoms with Crippen molar-refractivity contribution < 1.29 is 0 Å². The number of pyridine rings is 1. The molecule has 1 aromatic carbocycles. The van der Waals surface area contributed by atoms with Gasteiger partial charge in [-0.05, 0) is 31.2 Å². The molecular formula is C13H12ClN3. The first-order valence-electron chi connectivity index (χ1n) is 5.22. The van der Waals surface area contributed by atoms with Gasteiger partial charge in [-0.15, -0.1) is 0 Å². The van der Waals surface area contributed by atoms with Crippen LogP contribution in [0.1, 0.15) is 12.5 Å². The van der Waals surface area contributed by atoms with Gasteiger partial charge in [-0.25, -0.2) is 0 Å². The Morgan fingerprint density at radius 2 is 2.18 bits per heavy atom. The zero-order valence-corrected chi connectivity index (χ0v) is 10.1. The molecule has 3 nitrogen and oxygen atoms in total. The topological polar surface area (TPSA) is 37.3 Å². The van der Waals surface area contributed by atoms with E-state index in [0.717, 1.165) is 17.0 Å². The van der Waals surface area contributed by atoms with Crippen molar-refractivity contribution in [3.8, 4) is 0 Å². The third kappa shape index (κ3) is 3.29. The second-order valence-electron chi connectivity index (χ2n) is 3.56. The van der Waals surface area contributed by atoms with Crippen molar-refractivity contribution in [3.63, 3.8) is 0 Å². The van der Waals surface area contributed by atoms with Crippen molar-refractivity contribution in [1.82, 2.24) is 4.98 Å². The van der Waals surface area contributed by atoms with Crippen molar-refractivity contribution in [2.45, 2.75) is 6.92 Å². The zero-order chi connectivity index (χ0) is 12.1. The predicted molar refractivity (Wildman–Crippen MR) is 71.5 cm³/mol. The molecule has 0 amide bonds. The van der Waals surface area contributed by atoms with E-state index < -0.39 is 0 Å². The number of anilines is 1. The van der Waals surface area contributed by atoms with Crippen molar-refractivity contribution in [1.29, 1.82) is 0 Å². The molecule has 0 aliphatic heterocycles. The van der Waals surface area contributed by atoms with Gasteiger partial charge in [0.2, 0.25) is 0 Å². The molecule has 1 aromatic heterocycles. The summed E-state index contributed by atoms with van der Waals surface area (Å²) in [5, 5.41) is 4.96. The maximum Gasteiger partial charge on any atom is 0.0663 e. The summed E-state index contributed by atoms with van der Waals surface area (Å²) in [6, 6.07) is 11.3. The van der Waals surface area contributed by atoms with Crippen LogP contribution in [-0.2, 0) is 0 Å². The van der Waals surface area contributed by atoms with E-state index >= 15 is 0 Å². The summed E-state index contributed by atoms with van der Waals surface area (Å²) in [4.78, 5) is 4.05. The van der Waals surface area contributed by atoms with Gasteiger partial charge in [-0.2, -0.15) is 5.10 Å². The maximum atomic E-state index is 5.88. The van der Waals surface area contributed by atoms with Crippen LogP contribution >= 0.6 is 11.6 Å². The average Bonchev–Trinajstić information content (AvgIpc) is 2.37. The molecule has 0 aliphatic carbocycles. The van der Waals surface area contributed by atoms with Gasteiger partial charge in [0.05, 0.1) is 11.4 Å². The van der Waals surface area contributed by atoms with E-state index in [1.807, 2.05) is 43.3 Å². The summed E-state index contributed by atoms with van der Waals surface area (Å²) in [7, 11) is 0. The molecule has 0 saturated heterocycles. The number of hydrogen-bond donors (Lipinski definition) is 1. The second kappa shape index (κ2) is 5.46. The zero-order valence-electron chi connectivity index (χ0n) is 9.39. The first kappa shape index (κ1) is 11.6. The van der Waals surface area contributed by atoms with Gasteiger partial charge in [0.25, 0.3) is 0 Å². The molecule has 2 rings (SSSR count). The van der Waals surface area contributed by atoms with Crippen LogP contribution in [0.3, 0.4) is 0 Å². The standard InChI is InChI=1S/C13H12ClN3/c1-10(11-4-3-7-15-9-11)16-17-13-6-2-5-12(14)8-13/h2-9,17H,1H3/b16-10-. The number of halogens is 1. The molecule has 0 aliphatic rings. The van der Waals surface area contributed by atoms with Gasteiger partial charge in [0.15, 0.2) is 0 Å². The lowest BCUT2D eigenvalue weighted by Gasteiger charge is -2.03. The first-order valence-corrected chi connectivity index (χ1v) is 5.60. The van der Waals surface area contributed by atoms with Crippen molar-refractivity contribution in [2.24, 2.45) is 5.10 Å². The second-order valence-corrected chi connectivity index (χ2v) is 4.00. The highest BCUT2D eigenvalue weighted by molar-refractivity contribution is 6.30. The number of nitrogens with zero attached hydrogens (tertiary/aromatic N) is 2. The molecule has 17 heavy (non-hydrogen) atoms. The van der Waals surface area contributed by atoms with Gasteiger partial charge in [-0.3, -0.25) is 10.4 Å². The quantitative estimate of drug-likeness (QED) is 0.663. The van der Waals surface area contributed by atoms with Gasteiger partial charge in [0.1, 0.15) is 0 Å². The van der Waals surface area contributed by atoms with Crippen LogP contribution < -0.4 is 5.43 Å². The molecule has 0 radical (unpaired) electrons. The highest BCUT2D eigenvalue weighted by Crippen LogP contribution is 2.14. The van der Waals surface area contributed by atoms with E-state index in [1.165, 1.54) is 0 Å². The highest BCUT2D eigenvalue weighted by Gasteiger charge is 1.96. The Kier molecular flexibility index (Phi) is 3.73. The lowest BCUT2D eigenvalue weighted by molar-refractivity contribution is 1.28. The Balaban J connectivity index is 2.11. The summed E-state index contributed by atoms with van der Waals surface area (Å²) in [6.07, 6.45) is 3.51. The van der Waals surface area contributed by atoms with E-state index in [0.29, 0.717) is 5.02 Å². The minimum Gasteiger partial charge on any atom is -0.278 e. The number of hydrogen-bond acceptors (Lipinski definition) is 3. The Morgan fingerprint density at radius 3 is 2.88 bits per heavy atom. The van der Waals surface area contributed by atoms with E-state index in [4.69, 9.17) is 11.6 Å². The van der Waals surface area contributed by atoms with Gasteiger partial charge >= 0.3 is 0 Å². The van der Waals surface area contributed by atoms with Crippen LogP contribution in [0.25, 0.3) is 0 Å². The van der Waals surface area contributed by atoms with Crippen molar-refractivity contribution in [2.75, 3.05) is 5.43 Å². The Bertz CT molecular complexity index is 523. The van der Waals surface area contributed by atoms with Crippen molar-refractivity contribution in [3.05, 3.63) is 59.4 Å². The summed E-state index contributed by atoms with van der Waals surface area (Å²) in [6.45, 7) is 1.93. The summed E-state index contributed by atoms with van der Waals surface area (Å²) < 4.78 is 0. The SMILES string of the molecule is C/C(=N/Nc1cccc(Cl)c1)c1cccnc1. The van der Waals surface area contributed by atoms with E-state index in [1.54, 1.807) is 12.4 Å². The molecule has 2 aromatic rings. The van der Waals surface area contributed by atoms with Crippen LogP contribution in [0, 0.1) is 0 Å². The Labute approximate surface area is 105 Å². The van der Waals surface area contributed by atoms with E-state index in [-0.39, 0.29) is 0 Å². The molecule has 4 heteroatoms. The highest BCUT2D eigenvalue weighted by atomic mass is 35.5. The third-order valence-corrected chi connectivity index (χ3v) is 2.49. The molecule has 0 bridgehead atoms. The first-order chi connectivity index (χ1) is 8.25. The van der Waals surface area contributed by atoms with Gasteiger partial charge in [-0.1, -0.05) is 23.7 Å². The molecule has 0 spiro atoms. The van der Waals surface area contributed by atoms with Gasteiger partial charge in [0, 0.05) is 23.0 Å². The smallest absolute Gasteiger partial charge is 0.0663 e. The predicted octanol–water partition coefficient (Wildman–Crippen LogP) is 3.57. The fourth-order valence-corrected chi connectivity index (χ4v) is 1.54. The van der Waals surface area contributed by atoms with Crippen LogP contribution in [-0.4, -0.2) is 10.7 Å². The van der Waals surface area contributed by atoms with E-state index in [2.05, 4.69) is 15.5 Å². The lowest BCUT2D eigenvalue weighted by Crippen LogP contribution is -1.99. The average molecular weight is 246 g/mol. The minimum absolute atomic E-state index is 0.684. The molecule has 0 atom stereocenters. The number of rotatable bonds is 3. The molecule has 0 saturated carbocycles. The maximum absolute atomic E-state index is 5.88. The lowest BCUT2D eigenvalue weighted by atomic mass is 10.2. The molecule has 1 N–H and O–H groups in total. The largest absolute Gasteiger partial charge is 0.278 e. The van der Waals surface area contributed by atoms with Crippen LogP contribution in [0.4, 0.5) is 5.69 Å². The summed E-state index contributed by atoms with van der Waals surface area (Å²) in [5.74, 6) is 0. The van der Waals surface area contributed by atoms with E-state index in [9.17, 15) is 0 Å². The molecular weight excluding hydrogens is 234 g/mol. The third-order valence-electron chi connectivity index (χ3n) is 2.26. The molecule has 0 unspecified atom stereocenters. The van der Waals surface area contributed by atoms with Crippen LogP contribution in [0.5, 0.6) is 0 Å². The summed E-state index contributed by atoms with van der Waals surface area (Å²) in [5.41, 5.74) is 5.68. The molecule has 0 fully saturated rings. The Morgan fingerprint density at radius 1 is 1.29 bits per heavy atom. The number of hydrazone groups is 1. The number of aromatic nitrogens is 1. The minimum atomic E-state index is 0.684. The fourth-order valence-electron chi connectivity index (χ4n) is 1.35. The Hall–Kier alpha value is -1.87. The van der Waals surface area contributed by atoms with Crippen LogP contribution in [0.2, 0.25) is 5.02 Å². The molecule has 1 heterocycles.